The van der Waals surface area contributed by atoms with E-state index in [1.54, 1.807) is 11.3 Å². The standard InChI is InChI=1S/C16H26N2O4S2/c1-24(21,22)18-8-3-14(4-9-18)16(20)17-7-2-13(5-10-19)15-6-11-23-12-15/h6,11-14,19H,2-5,7-10H2,1H3,(H,17,20)/t13-/m0/s1. The molecule has 2 N–H and O–H groups in total. The van der Waals surface area contributed by atoms with Crippen LogP contribution in [0.25, 0.3) is 0 Å². The molecule has 8 heteroatoms. The predicted molar refractivity (Wildman–Crippen MR) is 95.5 cm³/mol. The van der Waals surface area contributed by atoms with Crippen LogP contribution in [0.1, 0.15) is 37.2 Å². The van der Waals surface area contributed by atoms with E-state index >= 15 is 0 Å². The minimum Gasteiger partial charge on any atom is -0.396 e. The summed E-state index contributed by atoms with van der Waals surface area (Å²) in [6, 6.07) is 2.06. The zero-order valence-corrected chi connectivity index (χ0v) is 15.6. The monoisotopic (exact) mass is 374 g/mol. The Labute approximate surface area is 147 Å². The summed E-state index contributed by atoms with van der Waals surface area (Å²) in [6.45, 7) is 1.54. The average molecular weight is 375 g/mol. The van der Waals surface area contributed by atoms with Gasteiger partial charge in [-0.1, -0.05) is 0 Å². The van der Waals surface area contributed by atoms with Crippen molar-refractivity contribution in [2.75, 3.05) is 32.5 Å². The second kappa shape index (κ2) is 8.94. The quantitative estimate of drug-likeness (QED) is 0.720. The zero-order chi connectivity index (χ0) is 17.6. The third-order valence-electron chi connectivity index (χ3n) is 4.58. The SMILES string of the molecule is CS(=O)(=O)N1CCC(C(=O)NCC[C@@H](CCO)c2ccsc2)CC1. The molecule has 136 valence electrons. The summed E-state index contributed by atoms with van der Waals surface area (Å²) < 4.78 is 24.4. The van der Waals surface area contributed by atoms with Crippen LogP contribution in [0, 0.1) is 5.92 Å². The molecule has 1 aliphatic heterocycles. The number of nitrogens with one attached hydrogen (secondary N) is 1. The normalized spacial score (nSPS) is 18.4. The Bertz CT molecular complexity index is 608. The van der Waals surface area contributed by atoms with Gasteiger partial charge in [-0.3, -0.25) is 4.79 Å². The number of hydrogen-bond donors (Lipinski definition) is 2. The molecule has 0 unspecified atom stereocenters. The molecule has 1 aliphatic rings. The number of aliphatic hydroxyl groups is 1. The maximum atomic E-state index is 12.3. The fraction of sp³-hybridized carbons (Fsp3) is 0.688. The van der Waals surface area contributed by atoms with E-state index in [2.05, 4.69) is 16.8 Å². The molecule has 0 aromatic carbocycles. The summed E-state index contributed by atoms with van der Waals surface area (Å²) in [5.74, 6) is 0.158. The number of piperidine rings is 1. The van der Waals surface area contributed by atoms with Gasteiger partial charge in [-0.15, -0.1) is 0 Å². The Hall–Kier alpha value is -0.960. The minimum absolute atomic E-state index is 0.0104. The number of amides is 1. The van der Waals surface area contributed by atoms with Crippen LogP contribution in [0.3, 0.4) is 0 Å². The third-order valence-corrected chi connectivity index (χ3v) is 6.58. The molecule has 0 bridgehead atoms. The second-order valence-electron chi connectivity index (χ2n) is 6.28. The molecule has 2 heterocycles. The zero-order valence-electron chi connectivity index (χ0n) is 14.0. The highest BCUT2D eigenvalue weighted by molar-refractivity contribution is 7.88. The molecule has 0 spiro atoms. The second-order valence-corrected chi connectivity index (χ2v) is 9.04. The van der Waals surface area contributed by atoms with Gasteiger partial charge in [0, 0.05) is 32.2 Å². The number of carbonyl (C=O) groups excluding carboxylic acids is 1. The van der Waals surface area contributed by atoms with E-state index in [0.717, 1.165) is 6.42 Å². The van der Waals surface area contributed by atoms with E-state index in [0.29, 0.717) is 38.9 Å². The first-order valence-corrected chi connectivity index (χ1v) is 11.1. The van der Waals surface area contributed by atoms with Crippen molar-refractivity contribution in [3.05, 3.63) is 22.4 Å². The van der Waals surface area contributed by atoms with Gasteiger partial charge in [0.25, 0.3) is 0 Å². The summed E-state index contributed by atoms with van der Waals surface area (Å²) in [5.41, 5.74) is 1.21. The van der Waals surface area contributed by atoms with Gasteiger partial charge < -0.3 is 10.4 Å². The molecule has 1 aromatic heterocycles. The maximum absolute atomic E-state index is 12.3. The van der Waals surface area contributed by atoms with Crippen LogP contribution >= 0.6 is 11.3 Å². The Kier molecular flexibility index (Phi) is 7.21. The van der Waals surface area contributed by atoms with Crippen LogP contribution in [0.4, 0.5) is 0 Å². The largest absolute Gasteiger partial charge is 0.396 e. The van der Waals surface area contributed by atoms with Crippen molar-refractivity contribution in [2.45, 2.75) is 31.6 Å². The van der Waals surface area contributed by atoms with Crippen molar-refractivity contribution in [1.29, 1.82) is 0 Å². The Morgan fingerprint density at radius 1 is 1.42 bits per heavy atom. The van der Waals surface area contributed by atoms with Crippen molar-refractivity contribution in [3.8, 4) is 0 Å². The van der Waals surface area contributed by atoms with E-state index in [4.69, 9.17) is 0 Å². The highest BCUT2D eigenvalue weighted by Gasteiger charge is 2.28. The number of rotatable bonds is 8. The first-order chi connectivity index (χ1) is 11.4. The van der Waals surface area contributed by atoms with E-state index in [1.807, 2.05) is 5.38 Å². The molecule has 6 nitrogen and oxygen atoms in total. The molecule has 2 rings (SSSR count). The van der Waals surface area contributed by atoms with E-state index in [9.17, 15) is 18.3 Å². The van der Waals surface area contributed by atoms with Crippen molar-refractivity contribution in [2.24, 2.45) is 5.92 Å². The van der Waals surface area contributed by atoms with Gasteiger partial charge in [-0.25, -0.2) is 12.7 Å². The number of carbonyl (C=O) groups is 1. The van der Waals surface area contributed by atoms with Crippen molar-refractivity contribution >= 4 is 27.3 Å². The molecule has 1 fully saturated rings. The highest BCUT2D eigenvalue weighted by Crippen LogP contribution is 2.25. The number of thiophene rings is 1. The first kappa shape index (κ1) is 19.4. The molecule has 1 aromatic rings. The summed E-state index contributed by atoms with van der Waals surface area (Å²) in [5, 5.41) is 16.3. The van der Waals surface area contributed by atoms with Crippen LogP contribution in [0.15, 0.2) is 16.8 Å². The van der Waals surface area contributed by atoms with Gasteiger partial charge >= 0.3 is 0 Å². The smallest absolute Gasteiger partial charge is 0.223 e. The summed E-state index contributed by atoms with van der Waals surface area (Å²) in [6.07, 6.45) is 3.84. The molecule has 1 saturated heterocycles. The van der Waals surface area contributed by atoms with Gasteiger partial charge in [-0.2, -0.15) is 11.3 Å². The lowest BCUT2D eigenvalue weighted by atomic mass is 9.94. The van der Waals surface area contributed by atoms with E-state index in [1.165, 1.54) is 16.1 Å². The van der Waals surface area contributed by atoms with Gasteiger partial charge in [0.05, 0.1) is 6.26 Å². The summed E-state index contributed by atoms with van der Waals surface area (Å²) in [7, 11) is -3.16. The molecular formula is C16H26N2O4S2. The molecule has 1 atom stereocenters. The predicted octanol–water partition coefficient (Wildman–Crippen LogP) is 1.39. The van der Waals surface area contributed by atoms with Gasteiger partial charge in [-0.05, 0) is 54.0 Å². The molecule has 1 amide bonds. The molecule has 0 radical (unpaired) electrons. The molecule has 0 aliphatic carbocycles. The van der Waals surface area contributed by atoms with Gasteiger partial charge in [0.1, 0.15) is 0 Å². The van der Waals surface area contributed by atoms with Crippen LogP contribution in [0.2, 0.25) is 0 Å². The average Bonchev–Trinajstić information content (AvgIpc) is 3.07. The fourth-order valence-electron chi connectivity index (χ4n) is 3.10. The fourth-order valence-corrected chi connectivity index (χ4v) is 4.72. The van der Waals surface area contributed by atoms with Crippen molar-refractivity contribution in [1.82, 2.24) is 9.62 Å². The lowest BCUT2D eigenvalue weighted by molar-refractivity contribution is -0.126. The lowest BCUT2D eigenvalue weighted by Gasteiger charge is -2.29. The number of sulfonamides is 1. The summed E-state index contributed by atoms with van der Waals surface area (Å²) in [4.78, 5) is 12.3. The lowest BCUT2D eigenvalue weighted by Crippen LogP contribution is -2.42. The number of aliphatic hydroxyl groups excluding tert-OH is 1. The van der Waals surface area contributed by atoms with Crippen LogP contribution in [-0.4, -0.2) is 56.2 Å². The highest BCUT2D eigenvalue weighted by atomic mass is 32.2. The number of hydrogen-bond acceptors (Lipinski definition) is 5. The third kappa shape index (κ3) is 5.54. The van der Waals surface area contributed by atoms with Gasteiger partial charge in [0.15, 0.2) is 0 Å². The Balaban J connectivity index is 1.75. The first-order valence-electron chi connectivity index (χ1n) is 8.27. The maximum Gasteiger partial charge on any atom is 0.223 e. The molecule has 24 heavy (non-hydrogen) atoms. The van der Waals surface area contributed by atoms with Crippen molar-refractivity contribution in [3.63, 3.8) is 0 Å². The Morgan fingerprint density at radius 2 is 2.12 bits per heavy atom. The minimum atomic E-state index is -3.16. The van der Waals surface area contributed by atoms with E-state index in [-0.39, 0.29) is 24.3 Å². The summed E-state index contributed by atoms with van der Waals surface area (Å²) >= 11 is 1.64. The van der Waals surface area contributed by atoms with Crippen molar-refractivity contribution < 1.29 is 18.3 Å². The van der Waals surface area contributed by atoms with Crippen LogP contribution in [0.5, 0.6) is 0 Å². The Morgan fingerprint density at radius 3 is 2.67 bits per heavy atom. The van der Waals surface area contributed by atoms with Crippen LogP contribution < -0.4 is 5.32 Å². The number of nitrogens with zero attached hydrogens (tertiary/aromatic N) is 1. The topological polar surface area (TPSA) is 86.7 Å². The van der Waals surface area contributed by atoms with Gasteiger partial charge in [0.2, 0.25) is 15.9 Å². The van der Waals surface area contributed by atoms with Crippen LogP contribution in [-0.2, 0) is 14.8 Å². The molecular weight excluding hydrogens is 348 g/mol. The molecule has 0 saturated carbocycles. The van der Waals surface area contributed by atoms with E-state index < -0.39 is 10.0 Å².